The SMILES string of the molecule is CN(Cc1nc(N)c2ccsc2n1)CC1CC2CCC1C2. The van der Waals surface area contributed by atoms with E-state index in [2.05, 4.69) is 21.9 Å². The number of nitrogen functional groups attached to an aromatic ring is 1. The number of nitrogens with two attached hydrogens (primary N) is 1. The van der Waals surface area contributed by atoms with Crippen LogP contribution in [0.3, 0.4) is 0 Å². The highest BCUT2D eigenvalue weighted by atomic mass is 32.1. The predicted octanol–water partition coefficient (Wildman–Crippen LogP) is 3.14. The number of hydrogen-bond donors (Lipinski definition) is 1. The van der Waals surface area contributed by atoms with Crippen LogP contribution >= 0.6 is 11.3 Å². The molecule has 0 aliphatic heterocycles. The van der Waals surface area contributed by atoms with Crippen molar-refractivity contribution in [2.75, 3.05) is 19.3 Å². The summed E-state index contributed by atoms with van der Waals surface area (Å²) in [4.78, 5) is 12.5. The topological polar surface area (TPSA) is 55.0 Å². The van der Waals surface area contributed by atoms with Crippen molar-refractivity contribution in [3.8, 4) is 0 Å². The Morgan fingerprint density at radius 3 is 3.00 bits per heavy atom. The van der Waals surface area contributed by atoms with Crippen LogP contribution in [0.25, 0.3) is 10.2 Å². The predicted molar refractivity (Wildman–Crippen MR) is 87.1 cm³/mol. The smallest absolute Gasteiger partial charge is 0.146 e. The van der Waals surface area contributed by atoms with Gasteiger partial charge in [-0.15, -0.1) is 11.3 Å². The van der Waals surface area contributed by atoms with Gasteiger partial charge in [0, 0.05) is 6.54 Å². The minimum Gasteiger partial charge on any atom is -0.383 e. The Hall–Kier alpha value is -1.20. The average molecular weight is 302 g/mol. The summed E-state index contributed by atoms with van der Waals surface area (Å²) in [5.74, 6) is 4.35. The molecule has 2 aromatic rings. The molecule has 21 heavy (non-hydrogen) atoms. The first-order valence-electron chi connectivity index (χ1n) is 7.87. The number of hydrogen-bond acceptors (Lipinski definition) is 5. The van der Waals surface area contributed by atoms with Gasteiger partial charge in [-0.1, -0.05) is 6.42 Å². The van der Waals surface area contributed by atoms with Crippen molar-refractivity contribution in [2.24, 2.45) is 17.8 Å². The monoisotopic (exact) mass is 302 g/mol. The van der Waals surface area contributed by atoms with Gasteiger partial charge in [0.05, 0.1) is 11.9 Å². The molecule has 2 saturated carbocycles. The van der Waals surface area contributed by atoms with Gasteiger partial charge in [0.25, 0.3) is 0 Å². The molecule has 4 nitrogen and oxygen atoms in total. The van der Waals surface area contributed by atoms with Crippen LogP contribution in [0.5, 0.6) is 0 Å². The molecule has 3 unspecified atom stereocenters. The minimum absolute atomic E-state index is 0.615. The van der Waals surface area contributed by atoms with Crippen molar-refractivity contribution in [3.05, 3.63) is 17.3 Å². The first-order valence-corrected chi connectivity index (χ1v) is 8.75. The lowest BCUT2D eigenvalue weighted by Crippen LogP contribution is -2.29. The van der Waals surface area contributed by atoms with E-state index in [9.17, 15) is 0 Å². The van der Waals surface area contributed by atoms with Gasteiger partial charge in [0.15, 0.2) is 0 Å². The van der Waals surface area contributed by atoms with E-state index in [1.165, 1.54) is 32.2 Å². The maximum absolute atomic E-state index is 6.03. The number of nitrogens with zero attached hydrogens (tertiary/aromatic N) is 3. The normalized spacial score (nSPS) is 28.0. The summed E-state index contributed by atoms with van der Waals surface area (Å²) in [6, 6.07) is 2.00. The molecule has 3 atom stereocenters. The van der Waals surface area contributed by atoms with Gasteiger partial charge < -0.3 is 5.73 Å². The zero-order chi connectivity index (χ0) is 14.4. The van der Waals surface area contributed by atoms with Crippen LogP contribution in [0.2, 0.25) is 0 Å². The molecule has 2 fully saturated rings. The molecule has 0 aromatic carbocycles. The highest BCUT2D eigenvalue weighted by Crippen LogP contribution is 2.48. The fraction of sp³-hybridized carbons (Fsp3) is 0.625. The molecule has 2 aliphatic rings. The molecule has 0 spiro atoms. The quantitative estimate of drug-likeness (QED) is 0.942. The molecule has 2 aromatic heterocycles. The van der Waals surface area contributed by atoms with E-state index < -0.39 is 0 Å². The van der Waals surface area contributed by atoms with Crippen LogP contribution in [0.15, 0.2) is 11.4 Å². The lowest BCUT2D eigenvalue weighted by molar-refractivity contribution is 0.211. The van der Waals surface area contributed by atoms with Crippen molar-refractivity contribution < 1.29 is 0 Å². The molecular formula is C16H22N4S. The standard InChI is InChI=1S/C16H22N4S/c1-20(8-12-7-10-2-3-11(12)6-10)9-14-18-15(17)13-4-5-21-16(13)19-14/h4-5,10-12H,2-3,6-9H2,1H3,(H2,17,18,19). The molecule has 2 aliphatic carbocycles. The van der Waals surface area contributed by atoms with E-state index in [-0.39, 0.29) is 0 Å². The van der Waals surface area contributed by atoms with Crippen LogP contribution in [-0.2, 0) is 6.54 Å². The van der Waals surface area contributed by atoms with E-state index in [4.69, 9.17) is 5.73 Å². The van der Waals surface area contributed by atoms with Crippen LogP contribution in [-0.4, -0.2) is 28.5 Å². The molecule has 0 amide bonds. The molecule has 0 saturated heterocycles. The fourth-order valence-corrected chi connectivity index (χ4v) is 5.09. The van der Waals surface area contributed by atoms with Crippen LogP contribution < -0.4 is 5.73 Å². The van der Waals surface area contributed by atoms with Gasteiger partial charge >= 0.3 is 0 Å². The van der Waals surface area contributed by atoms with Crippen LogP contribution in [0, 0.1) is 17.8 Å². The Morgan fingerprint density at radius 2 is 2.24 bits per heavy atom. The Balaban J connectivity index is 1.44. The number of rotatable bonds is 4. The van der Waals surface area contributed by atoms with Gasteiger partial charge in [-0.25, -0.2) is 9.97 Å². The summed E-state index contributed by atoms with van der Waals surface area (Å²) in [6.45, 7) is 1.97. The highest BCUT2D eigenvalue weighted by Gasteiger charge is 2.39. The number of aromatic nitrogens is 2. The highest BCUT2D eigenvalue weighted by molar-refractivity contribution is 7.16. The lowest BCUT2D eigenvalue weighted by Gasteiger charge is -2.26. The fourth-order valence-electron chi connectivity index (χ4n) is 4.30. The number of thiophene rings is 1. The van der Waals surface area contributed by atoms with Crippen molar-refractivity contribution in [3.63, 3.8) is 0 Å². The second-order valence-corrected chi connectivity index (χ2v) is 7.69. The summed E-state index contributed by atoms with van der Waals surface area (Å²) in [7, 11) is 2.18. The maximum Gasteiger partial charge on any atom is 0.146 e. The second-order valence-electron chi connectivity index (χ2n) is 6.80. The molecule has 4 rings (SSSR count). The van der Waals surface area contributed by atoms with E-state index in [0.29, 0.717) is 5.82 Å². The molecule has 2 bridgehead atoms. The third-order valence-corrected chi connectivity index (χ3v) is 6.05. The Kier molecular flexibility index (Phi) is 3.34. The largest absolute Gasteiger partial charge is 0.383 e. The lowest BCUT2D eigenvalue weighted by atomic mass is 9.88. The summed E-state index contributed by atoms with van der Waals surface area (Å²) in [5, 5.41) is 3.01. The van der Waals surface area contributed by atoms with Crippen molar-refractivity contribution >= 4 is 27.4 Å². The Labute approximate surface area is 129 Å². The molecule has 2 heterocycles. The molecule has 0 radical (unpaired) electrons. The van der Waals surface area contributed by atoms with Crippen molar-refractivity contribution in [2.45, 2.75) is 32.2 Å². The first-order chi connectivity index (χ1) is 10.2. The van der Waals surface area contributed by atoms with Gasteiger partial charge in [-0.2, -0.15) is 0 Å². The Bertz CT molecular complexity index is 653. The second kappa shape index (κ2) is 5.21. The van der Waals surface area contributed by atoms with Gasteiger partial charge in [-0.3, -0.25) is 4.90 Å². The molecule has 112 valence electrons. The van der Waals surface area contributed by atoms with Crippen molar-refractivity contribution in [1.29, 1.82) is 0 Å². The molecule has 2 N–H and O–H groups in total. The van der Waals surface area contributed by atoms with Gasteiger partial charge in [-0.05, 0) is 55.5 Å². The van der Waals surface area contributed by atoms with E-state index in [1.54, 1.807) is 11.3 Å². The number of fused-ring (bicyclic) bond motifs is 3. The van der Waals surface area contributed by atoms with E-state index in [0.717, 1.165) is 40.3 Å². The van der Waals surface area contributed by atoms with E-state index in [1.807, 2.05) is 11.4 Å². The summed E-state index contributed by atoms with van der Waals surface area (Å²) in [6.07, 6.45) is 5.83. The van der Waals surface area contributed by atoms with Crippen molar-refractivity contribution in [1.82, 2.24) is 14.9 Å². The minimum atomic E-state index is 0.615. The Morgan fingerprint density at radius 1 is 1.33 bits per heavy atom. The van der Waals surface area contributed by atoms with Crippen LogP contribution in [0.4, 0.5) is 5.82 Å². The van der Waals surface area contributed by atoms with Crippen LogP contribution in [0.1, 0.15) is 31.5 Å². The molecule has 5 heteroatoms. The summed E-state index contributed by atoms with van der Waals surface area (Å²) < 4.78 is 0. The average Bonchev–Trinajstić information content (AvgIpc) is 3.13. The van der Waals surface area contributed by atoms with E-state index >= 15 is 0 Å². The summed E-state index contributed by atoms with van der Waals surface area (Å²) in [5.41, 5.74) is 6.03. The zero-order valence-corrected chi connectivity index (χ0v) is 13.3. The number of anilines is 1. The maximum atomic E-state index is 6.03. The zero-order valence-electron chi connectivity index (χ0n) is 12.5. The van der Waals surface area contributed by atoms with Gasteiger partial charge in [0.2, 0.25) is 0 Å². The summed E-state index contributed by atoms with van der Waals surface area (Å²) >= 11 is 1.64. The molecular weight excluding hydrogens is 280 g/mol. The first kappa shape index (κ1) is 13.5. The van der Waals surface area contributed by atoms with Gasteiger partial charge in [0.1, 0.15) is 16.5 Å². The third kappa shape index (κ3) is 2.53. The third-order valence-electron chi connectivity index (χ3n) is 5.24.